The van der Waals surface area contributed by atoms with Gasteiger partial charge >= 0.3 is 6.01 Å². The molecule has 3 nitrogen and oxygen atoms in total. The second kappa shape index (κ2) is 4.36. The molecule has 0 unspecified atom stereocenters. The summed E-state index contributed by atoms with van der Waals surface area (Å²) < 4.78 is 7.39. The van der Waals surface area contributed by atoms with Gasteiger partial charge in [-0.2, -0.15) is 0 Å². The Morgan fingerprint density at radius 1 is 1.33 bits per heavy atom. The lowest BCUT2D eigenvalue weighted by atomic mass is 10.3. The Kier molecular flexibility index (Phi) is 2.92. The molecule has 0 radical (unpaired) electrons. The van der Waals surface area contributed by atoms with E-state index in [1.807, 2.05) is 37.3 Å². The molecule has 0 aliphatic carbocycles. The first-order chi connectivity index (χ1) is 7.31. The molecule has 78 valence electrons. The first kappa shape index (κ1) is 10.1. The van der Waals surface area contributed by atoms with Gasteiger partial charge in [-0.1, -0.05) is 29.8 Å². The van der Waals surface area contributed by atoms with Gasteiger partial charge in [-0.3, -0.25) is 4.57 Å². The van der Waals surface area contributed by atoms with Crippen LogP contribution in [0.15, 0.2) is 36.5 Å². The molecule has 0 atom stereocenters. The fourth-order valence-corrected chi connectivity index (χ4v) is 1.54. The number of hydrogen-bond acceptors (Lipinski definition) is 2. The van der Waals surface area contributed by atoms with Crippen molar-refractivity contribution in [2.75, 3.05) is 0 Å². The minimum absolute atomic E-state index is 0.522. The quantitative estimate of drug-likeness (QED) is 0.797. The molecule has 0 saturated carbocycles. The average molecular weight is 223 g/mol. The van der Waals surface area contributed by atoms with Crippen molar-refractivity contribution in [3.63, 3.8) is 0 Å². The van der Waals surface area contributed by atoms with Crippen LogP contribution in [0.3, 0.4) is 0 Å². The number of imidazole rings is 1. The summed E-state index contributed by atoms with van der Waals surface area (Å²) in [7, 11) is 0. The van der Waals surface area contributed by atoms with Crippen molar-refractivity contribution in [2.45, 2.75) is 13.5 Å². The Balaban J connectivity index is 2.25. The van der Waals surface area contributed by atoms with Crippen LogP contribution in [0.4, 0.5) is 0 Å². The maximum atomic E-state index is 5.93. The van der Waals surface area contributed by atoms with Gasteiger partial charge in [0.15, 0.2) is 0 Å². The van der Waals surface area contributed by atoms with Gasteiger partial charge < -0.3 is 4.74 Å². The fourth-order valence-electron chi connectivity index (χ4n) is 1.30. The Morgan fingerprint density at radius 2 is 2.07 bits per heavy atom. The van der Waals surface area contributed by atoms with Crippen molar-refractivity contribution in [3.8, 4) is 11.8 Å². The molecule has 1 aromatic carbocycles. The molecule has 0 N–H and O–H groups in total. The van der Waals surface area contributed by atoms with Gasteiger partial charge in [0.2, 0.25) is 0 Å². The van der Waals surface area contributed by atoms with E-state index >= 15 is 0 Å². The number of rotatable bonds is 3. The second-order valence-electron chi connectivity index (χ2n) is 3.02. The molecule has 0 aliphatic heterocycles. The van der Waals surface area contributed by atoms with Crippen LogP contribution in [0.5, 0.6) is 11.8 Å². The van der Waals surface area contributed by atoms with E-state index in [9.17, 15) is 0 Å². The lowest BCUT2D eigenvalue weighted by molar-refractivity contribution is 0.415. The lowest BCUT2D eigenvalue weighted by Crippen LogP contribution is -1.98. The molecule has 2 aromatic rings. The van der Waals surface area contributed by atoms with Crippen molar-refractivity contribution in [1.29, 1.82) is 0 Å². The van der Waals surface area contributed by atoms with Crippen molar-refractivity contribution >= 4 is 11.6 Å². The number of benzene rings is 1. The van der Waals surface area contributed by atoms with Gasteiger partial charge in [0.05, 0.1) is 6.20 Å². The number of aromatic nitrogens is 2. The van der Waals surface area contributed by atoms with Gasteiger partial charge in [-0.05, 0) is 19.1 Å². The van der Waals surface area contributed by atoms with Gasteiger partial charge in [0, 0.05) is 6.54 Å². The zero-order valence-electron chi connectivity index (χ0n) is 8.35. The number of nitrogens with zero attached hydrogens (tertiary/aromatic N) is 2. The summed E-state index contributed by atoms with van der Waals surface area (Å²) in [5, 5.41) is 0.587. The number of halogens is 1. The summed E-state index contributed by atoms with van der Waals surface area (Å²) in [6, 6.07) is 10.0. The minimum atomic E-state index is 0.522. The first-order valence-electron chi connectivity index (χ1n) is 4.75. The standard InChI is InChI=1S/C11H11ClN2O/c1-2-14-10(12)8-13-11(14)15-9-6-4-3-5-7-9/h3-8H,2H2,1H3. The van der Waals surface area contributed by atoms with E-state index in [2.05, 4.69) is 4.98 Å². The summed E-state index contributed by atoms with van der Waals surface area (Å²) in [4.78, 5) is 4.09. The Bertz CT molecular complexity index is 439. The summed E-state index contributed by atoms with van der Waals surface area (Å²) in [5.74, 6) is 0.759. The van der Waals surface area contributed by atoms with E-state index in [4.69, 9.17) is 16.3 Å². The molecular formula is C11H11ClN2O. The maximum Gasteiger partial charge on any atom is 0.303 e. The number of hydrogen-bond donors (Lipinski definition) is 0. The van der Waals surface area contributed by atoms with Crippen molar-refractivity contribution in [1.82, 2.24) is 9.55 Å². The topological polar surface area (TPSA) is 27.1 Å². The van der Waals surface area contributed by atoms with E-state index in [1.54, 1.807) is 10.8 Å². The molecule has 4 heteroatoms. The largest absolute Gasteiger partial charge is 0.425 e. The van der Waals surface area contributed by atoms with Crippen molar-refractivity contribution in [2.24, 2.45) is 0 Å². The highest BCUT2D eigenvalue weighted by Crippen LogP contribution is 2.23. The third-order valence-corrected chi connectivity index (χ3v) is 2.34. The average Bonchev–Trinajstić information content (AvgIpc) is 2.61. The maximum absolute atomic E-state index is 5.93. The minimum Gasteiger partial charge on any atom is -0.425 e. The van der Waals surface area contributed by atoms with Crippen LogP contribution in [0.2, 0.25) is 5.15 Å². The van der Waals surface area contributed by atoms with Crippen LogP contribution in [0, 0.1) is 0 Å². The summed E-state index contributed by atoms with van der Waals surface area (Å²) in [6.45, 7) is 2.73. The van der Waals surface area contributed by atoms with E-state index in [0.29, 0.717) is 11.2 Å². The first-order valence-corrected chi connectivity index (χ1v) is 5.13. The number of ether oxygens (including phenoxy) is 1. The van der Waals surface area contributed by atoms with E-state index < -0.39 is 0 Å². The van der Waals surface area contributed by atoms with Crippen LogP contribution < -0.4 is 4.74 Å². The van der Waals surface area contributed by atoms with Crippen molar-refractivity contribution in [3.05, 3.63) is 41.7 Å². The molecule has 0 saturated heterocycles. The fraction of sp³-hybridized carbons (Fsp3) is 0.182. The molecule has 0 amide bonds. The second-order valence-corrected chi connectivity index (χ2v) is 3.41. The zero-order chi connectivity index (χ0) is 10.7. The normalized spacial score (nSPS) is 10.3. The molecule has 0 bridgehead atoms. The van der Waals surface area contributed by atoms with Gasteiger partial charge in [0.1, 0.15) is 10.9 Å². The molecule has 0 fully saturated rings. The predicted molar refractivity (Wildman–Crippen MR) is 59.4 cm³/mol. The van der Waals surface area contributed by atoms with Crippen molar-refractivity contribution < 1.29 is 4.74 Å². The molecule has 0 aliphatic rings. The third kappa shape index (κ3) is 2.13. The summed E-state index contributed by atoms with van der Waals surface area (Å²) in [6.07, 6.45) is 1.59. The van der Waals surface area contributed by atoms with E-state index in [1.165, 1.54) is 0 Å². The molecule has 1 aromatic heterocycles. The Hall–Kier alpha value is -1.48. The summed E-state index contributed by atoms with van der Waals surface area (Å²) >= 11 is 5.93. The molecule has 15 heavy (non-hydrogen) atoms. The predicted octanol–water partition coefficient (Wildman–Crippen LogP) is 3.35. The Labute approximate surface area is 93.3 Å². The van der Waals surface area contributed by atoms with Crippen LogP contribution in [-0.4, -0.2) is 9.55 Å². The Morgan fingerprint density at radius 3 is 2.73 bits per heavy atom. The monoisotopic (exact) mass is 222 g/mol. The van der Waals surface area contributed by atoms with Gasteiger partial charge in [-0.15, -0.1) is 0 Å². The van der Waals surface area contributed by atoms with Gasteiger partial charge in [0.25, 0.3) is 0 Å². The van der Waals surface area contributed by atoms with Crippen LogP contribution >= 0.6 is 11.6 Å². The van der Waals surface area contributed by atoms with E-state index in [-0.39, 0.29) is 0 Å². The molecule has 1 heterocycles. The van der Waals surface area contributed by atoms with Gasteiger partial charge in [-0.25, -0.2) is 4.98 Å². The SMILES string of the molecule is CCn1c(Cl)cnc1Oc1ccccc1. The third-order valence-electron chi connectivity index (χ3n) is 2.04. The highest BCUT2D eigenvalue weighted by atomic mass is 35.5. The summed E-state index contributed by atoms with van der Waals surface area (Å²) in [5.41, 5.74) is 0. The molecule has 2 rings (SSSR count). The molecule has 0 spiro atoms. The van der Waals surface area contributed by atoms with Crippen LogP contribution in [0.25, 0.3) is 0 Å². The highest BCUT2D eigenvalue weighted by Gasteiger charge is 2.08. The smallest absolute Gasteiger partial charge is 0.303 e. The number of para-hydroxylation sites is 1. The van der Waals surface area contributed by atoms with Crippen LogP contribution in [-0.2, 0) is 6.54 Å². The zero-order valence-corrected chi connectivity index (χ0v) is 9.11. The van der Waals surface area contributed by atoms with Crippen LogP contribution in [0.1, 0.15) is 6.92 Å². The lowest BCUT2D eigenvalue weighted by Gasteiger charge is -2.06. The van der Waals surface area contributed by atoms with E-state index in [0.717, 1.165) is 12.3 Å². The molecular weight excluding hydrogens is 212 g/mol. The highest BCUT2D eigenvalue weighted by molar-refractivity contribution is 6.29.